The molecule has 2 N–H and O–H groups in total. The summed E-state index contributed by atoms with van der Waals surface area (Å²) in [6.45, 7) is 6.89. The van der Waals surface area contributed by atoms with Crippen LogP contribution in [0.4, 0.5) is 0 Å². The average Bonchev–Trinajstić information content (AvgIpc) is 3.08. The highest BCUT2D eigenvalue weighted by atomic mass is 16.5. The molecule has 0 aliphatic carbocycles. The minimum absolute atomic E-state index is 0.00656. The molecule has 3 heterocycles. The lowest BCUT2D eigenvalue weighted by Gasteiger charge is -2.35. The number of nitrogens with one attached hydrogen (secondary N) is 2. The number of H-pyrrole nitrogens is 1. The molecule has 2 aromatic heterocycles. The van der Waals surface area contributed by atoms with Crippen LogP contribution in [0.3, 0.4) is 0 Å². The Morgan fingerprint density at radius 3 is 2.55 bits per heavy atom. The van der Waals surface area contributed by atoms with Crippen LogP contribution in [0.25, 0.3) is 11.1 Å². The molecule has 0 radical (unpaired) electrons. The first kappa shape index (κ1) is 20.8. The van der Waals surface area contributed by atoms with Crippen LogP contribution in [0.5, 0.6) is 0 Å². The van der Waals surface area contributed by atoms with Crippen LogP contribution in [0, 0.1) is 6.92 Å². The molecule has 3 aromatic rings. The lowest BCUT2D eigenvalue weighted by Crippen LogP contribution is -2.48. The molecular formula is C22H24N4O5. The first-order valence-corrected chi connectivity index (χ1v) is 10.1. The topological polar surface area (TPSA) is 118 Å². The van der Waals surface area contributed by atoms with Gasteiger partial charge in [-0.2, -0.15) is 0 Å². The molecule has 31 heavy (non-hydrogen) atoms. The number of fused-ring (bicyclic) bond motifs is 1. The van der Waals surface area contributed by atoms with Gasteiger partial charge in [0, 0.05) is 25.2 Å². The summed E-state index contributed by atoms with van der Waals surface area (Å²) in [5.41, 5.74) is 1.28. The van der Waals surface area contributed by atoms with E-state index < -0.39 is 11.5 Å². The number of hydrogen-bond donors (Lipinski definition) is 2. The molecule has 162 valence electrons. The highest BCUT2D eigenvalue weighted by Gasteiger charge is 2.26. The van der Waals surface area contributed by atoms with Crippen molar-refractivity contribution in [3.05, 3.63) is 63.4 Å². The zero-order valence-electron chi connectivity index (χ0n) is 17.6. The second-order valence-corrected chi connectivity index (χ2v) is 7.79. The molecule has 1 saturated heterocycles. The molecule has 0 saturated carbocycles. The molecule has 4 rings (SSSR count). The molecule has 1 fully saturated rings. The van der Waals surface area contributed by atoms with Gasteiger partial charge in [0.1, 0.15) is 11.1 Å². The standard InChI is InChI=1S/C22H24N4O5/c1-12-9-26(10-13(2)30-12)22(29)16-6-4-15(5-7-16)8-23-19(27)17-14(3)31-21-18(17)20(28)24-11-25-21/h4-7,11-13H,8-10H2,1-3H3,(H,23,27)(H,24,25,28). The number of rotatable bonds is 4. The van der Waals surface area contributed by atoms with Crippen molar-refractivity contribution in [3.63, 3.8) is 0 Å². The number of aryl methyl sites for hydroxylation is 1. The van der Waals surface area contributed by atoms with Crippen molar-refractivity contribution in [3.8, 4) is 0 Å². The number of aromatic amines is 1. The maximum Gasteiger partial charge on any atom is 0.262 e. The normalized spacial score (nSPS) is 18.9. The summed E-state index contributed by atoms with van der Waals surface area (Å²) in [5, 5.41) is 2.93. The largest absolute Gasteiger partial charge is 0.442 e. The third-order valence-electron chi connectivity index (χ3n) is 5.26. The lowest BCUT2D eigenvalue weighted by molar-refractivity contribution is -0.0586. The van der Waals surface area contributed by atoms with Crippen molar-refractivity contribution in [1.82, 2.24) is 20.2 Å². The molecule has 9 nitrogen and oxygen atoms in total. The average molecular weight is 424 g/mol. The quantitative estimate of drug-likeness (QED) is 0.662. The van der Waals surface area contributed by atoms with Gasteiger partial charge in [0.15, 0.2) is 0 Å². The number of aromatic nitrogens is 2. The van der Waals surface area contributed by atoms with Gasteiger partial charge in [0.2, 0.25) is 5.71 Å². The van der Waals surface area contributed by atoms with Crippen molar-refractivity contribution >= 4 is 22.9 Å². The Morgan fingerprint density at radius 2 is 1.87 bits per heavy atom. The zero-order chi connectivity index (χ0) is 22.1. The maximum atomic E-state index is 12.8. The van der Waals surface area contributed by atoms with E-state index in [1.807, 2.05) is 13.8 Å². The highest BCUT2D eigenvalue weighted by Crippen LogP contribution is 2.20. The van der Waals surface area contributed by atoms with Crippen molar-refractivity contribution in [1.29, 1.82) is 0 Å². The summed E-state index contributed by atoms with van der Waals surface area (Å²) in [6.07, 6.45) is 1.25. The number of carbonyl (C=O) groups excluding carboxylic acids is 2. The fourth-order valence-electron chi connectivity index (χ4n) is 3.89. The number of amides is 2. The molecule has 0 bridgehead atoms. The van der Waals surface area contributed by atoms with Crippen molar-refractivity contribution < 1.29 is 18.7 Å². The lowest BCUT2D eigenvalue weighted by atomic mass is 10.1. The third-order valence-corrected chi connectivity index (χ3v) is 5.26. The van der Waals surface area contributed by atoms with Crippen LogP contribution in [0.15, 0.2) is 39.8 Å². The number of nitrogens with zero attached hydrogens (tertiary/aromatic N) is 2. The molecule has 2 unspecified atom stereocenters. The van der Waals surface area contributed by atoms with Gasteiger partial charge in [-0.25, -0.2) is 4.98 Å². The van der Waals surface area contributed by atoms with Crippen LogP contribution in [0.1, 0.15) is 45.9 Å². The number of benzene rings is 1. The van der Waals surface area contributed by atoms with E-state index in [0.29, 0.717) is 24.4 Å². The summed E-state index contributed by atoms with van der Waals surface area (Å²) in [5.74, 6) is -0.136. The van der Waals surface area contributed by atoms with Gasteiger partial charge in [-0.15, -0.1) is 0 Å². The van der Waals surface area contributed by atoms with E-state index >= 15 is 0 Å². The van der Waals surface area contributed by atoms with Gasteiger partial charge >= 0.3 is 0 Å². The second-order valence-electron chi connectivity index (χ2n) is 7.79. The predicted octanol–water partition coefficient (Wildman–Crippen LogP) is 2.00. The molecule has 2 amide bonds. The number of morpholine rings is 1. The molecule has 1 aromatic carbocycles. The Kier molecular flexibility index (Phi) is 5.60. The van der Waals surface area contributed by atoms with E-state index in [1.165, 1.54) is 6.33 Å². The van der Waals surface area contributed by atoms with Crippen LogP contribution in [-0.4, -0.2) is 52.0 Å². The van der Waals surface area contributed by atoms with E-state index in [2.05, 4.69) is 15.3 Å². The first-order chi connectivity index (χ1) is 14.8. The number of furan rings is 1. The molecule has 9 heteroatoms. The Labute approximate surface area is 178 Å². The fraction of sp³-hybridized carbons (Fsp3) is 0.364. The predicted molar refractivity (Wildman–Crippen MR) is 113 cm³/mol. The van der Waals surface area contributed by atoms with E-state index in [0.717, 1.165) is 5.56 Å². The summed E-state index contributed by atoms with van der Waals surface area (Å²) in [7, 11) is 0. The summed E-state index contributed by atoms with van der Waals surface area (Å²) in [4.78, 5) is 45.7. The molecule has 2 atom stereocenters. The van der Waals surface area contributed by atoms with Crippen LogP contribution < -0.4 is 10.9 Å². The molecule has 1 aliphatic rings. The SMILES string of the molecule is Cc1oc2nc[nH]c(=O)c2c1C(=O)NCc1ccc(C(=O)N2CC(C)OC(C)C2)cc1. The Morgan fingerprint density at radius 1 is 1.19 bits per heavy atom. The Balaban J connectivity index is 1.43. The minimum atomic E-state index is -0.429. The van der Waals surface area contributed by atoms with Crippen molar-refractivity contribution in [2.75, 3.05) is 13.1 Å². The fourth-order valence-corrected chi connectivity index (χ4v) is 3.89. The summed E-state index contributed by atoms with van der Waals surface area (Å²) >= 11 is 0. The highest BCUT2D eigenvalue weighted by molar-refractivity contribution is 6.06. The van der Waals surface area contributed by atoms with Gasteiger partial charge in [0.25, 0.3) is 17.4 Å². The molecule has 0 spiro atoms. The van der Waals surface area contributed by atoms with E-state index in [9.17, 15) is 14.4 Å². The molecule has 1 aliphatic heterocycles. The smallest absolute Gasteiger partial charge is 0.262 e. The molecular weight excluding hydrogens is 400 g/mol. The summed E-state index contributed by atoms with van der Waals surface area (Å²) < 4.78 is 11.1. The van der Waals surface area contributed by atoms with Gasteiger partial charge in [-0.3, -0.25) is 14.4 Å². The zero-order valence-corrected chi connectivity index (χ0v) is 17.6. The van der Waals surface area contributed by atoms with Crippen LogP contribution in [0.2, 0.25) is 0 Å². The van der Waals surface area contributed by atoms with Gasteiger partial charge in [-0.05, 0) is 38.5 Å². The maximum absolute atomic E-state index is 12.8. The number of carbonyl (C=O) groups is 2. The van der Waals surface area contributed by atoms with Gasteiger partial charge in [-0.1, -0.05) is 12.1 Å². The van der Waals surface area contributed by atoms with Gasteiger partial charge in [0.05, 0.1) is 24.1 Å². The summed E-state index contributed by atoms with van der Waals surface area (Å²) in [6, 6.07) is 7.11. The second kappa shape index (κ2) is 8.35. The van der Waals surface area contributed by atoms with E-state index in [-0.39, 0.29) is 41.3 Å². The van der Waals surface area contributed by atoms with Crippen LogP contribution in [-0.2, 0) is 11.3 Å². The monoisotopic (exact) mass is 424 g/mol. The number of hydrogen-bond acceptors (Lipinski definition) is 6. The van der Waals surface area contributed by atoms with Crippen LogP contribution >= 0.6 is 0 Å². The Bertz CT molecular complexity index is 1170. The van der Waals surface area contributed by atoms with Gasteiger partial charge < -0.3 is 24.4 Å². The van der Waals surface area contributed by atoms with Crippen molar-refractivity contribution in [2.24, 2.45) is 0 Å². The number of ether oxygens (including phenoxy) is 1. The van der Waals surface area contributed by atoms with E-state index in [1.54, 1.807) is 36.1 Å². The Hall–Kier alpha value is -3.46. The van der Waals surface area contributed by atoms with Crippen molar-refractivity contribution in [2.45, 2.75) is 39.5 Å². The third kappa shape index (κ3) is 4.22. The minimum Gasteiger partial charge on any atom is -0.442 e. The first-order valence-electron chi connectivity index (χ1n) is 10.1. The van der Waals surface area contributed by atoms with E-state index in [4.69, 9.17) is 9.15 Å².